The average Bonchev–Trinajstić information content (AvgIpc) is 2.13. The normalized spacial score (nSPS) is 12.5. The molecule has 1 rings (SSSR count). The molecule has 1 aromatic rings. The van der Waals surface area contributed by atoms with E-state index in [0.29, 0.717) is 0 Å². The maximum Gasteiger partial charge on any atom is 0.207 e. The predicted octanol–water partition coefficient (Wildman–Crippen LogP) is 0.767. The maximum atomic E-state index is 12.9. The van der Waals surface area contributed by atoms with E-state index in [9.17, 15) is 14.3 Å². The number of hydrogen-bond donors (Lipinski definition) is 3. The second kappa shape index (κ2) is 3.63. The van der Waals surface area contributed by atoms with Crippen LogP contribution in [0, 0.1) is 5.82 Å². The lowest BCUT2D eigenvalue weighted by atomic mass is 10.0. The van der Waals surface area contributed by atoms with E-state index in [4.69, 9.17) is 10.8 Å². The Kier molecular flexibility index (Phi) is 2.71. The van der Waals surface area contributed by atoms with Crippen LogP contribution < -0.4 is 5.73 Å². The molecule has 0 saturated carbocycles. The van der Waals surface area contributed by atoms with Crippen molar-refractivity contribution in [2.75, 3.05) is 0 Å². The zero-order valence-corrected chi connectivity index (χ0v) is 7.49. The third-order valence-corrected chi connectivity index (χ3v) is 1.77. The Morgan fingerprint density at radius 2 is 2.07 bits per heavy atom. The first-order chi connectivity index (χ1) is 6.45. The van der Waals surface area contributed by atoms with Gasteiger partial charge in [-0.3, -0.25) is 4.79 Å². The van der Waals surface area contributed by atoms with Gasteiger partial charge in [-0.15, -0.1) is 0 Å². The predicted molar refractivity (Wildman–Crippen MR) is 47.7 cm³/mol. The summed E-state index contributed by atoms with van der Waals surface area (Å²) in [5.41, 5.74) is 5.05. The van der Waals surface area contributed by atoms with Gasteiger partial charge in [0.15, 0.2) is 17.3 Å². The second-order valence-corrected chi connectivity index (χ2v) is 2.95. The van der Waals surface area contributed by atoms with Crippen molar-refractivity contribution in [2.24, 2.45) is 5.73 Å². The number of carbonyl (C=O) groups excluding carboxylic acids is 1. The molecule has 4 N–H and O–H groups in total. The van der Waals surface area contributed by atoms with Gasteiger partial charge in [-0.25, -0.2) is 0 Å². The highest BCUT2D eigenvalue weighted by atomic mass is 19.1. The van der Waals surface area contributed by atoms with Gasteiger partial charge < -0.3 is 15.9 Å². The van der Waals surface area contributed by atoms with E-state index in [1.165, 1.54) is 6.92 Å². The molecule has 1 unspecified atom stereocenters. The summed E-state index contributed by atoms with van der Waals surface area (Å²) in [6.07, 6.45) is 0. The fourth-order valence-corrected chi connectivity index (χ4v) is 0.998. The maximum absolute atomic E-state index is 12.9. The number of hydrogen-bond acceptors (Lipinski definition) is 4. The molecule has 0 fully saturated rings. The Bertz CT molecular complexity index is 377. The lowest BCUT2D eigenvalue weighted by Crippen LogP contribution is -2.26. The molecule has 0 aromatic heterocycles. The van der Waals surface area contributed by atoms with Crippen LogP contribution in [0.15, 0.2) is 12.1 Å². The summed E-state index contributed by atoms with van der Waals surface area (Å²) in [6.45, 7) is 1.42. The van der Waals surface area contributed by atoms with Gasteiger partial charge in [-0.2, -0.15) is 4.39 Å². The molecule has 4 nitrogen and oxygen atoms in total. The van der Waals surface area contributed by atoms with Crippen LogP contribution in [0.5, 0.6) is 11.5 Å². The highest BCUT2D eigenvalue weighted by molar-refractivity contribution is 6.02. The number of rotatable bonds is 2. The fraction of sp³-hybridized carbons (Fsp3) is 0.222. The van der Waals surface area contributed by atoms with Gasteiger partial charge in [-0.1, -0.05) is 0 Å². The van der Waals surface area contributed by atoms with Crippen LogP contribution in [0.2, 0.25) is 0 Å². The molecular weight excluding hydrogens is 189 g/mol. The Labute approximate surface area is 79.8 Å². The number of phenols is 2. The number of carbonyl (C=O) groups is 1. The van der Waals surface area contributed by atoms with Gasteiger partial charge in [0.2, 0.25) is 5.82 Å². The van der Waals surface area contributed by atoms with Crippen LogP contribution in [0.1, 0.15) is 17.3 Å². The molecule has 76 valence electrons. The number of halogens is 1. The Hall–Kier alpha value is -1.62. The van der Waals surface area contributed by atoms with Crippen LogP contribution in [0.25, 0.3) is 0 Å². The SMILES string of the molecule is CC(N)C(=O)c1ccc(O)c(F)c1O. The van der Waals surface area contributed by atoms with E-state index in [0.717, 1.165) is 12.1 Å². The van der Waals surface area contributed by atoms with Crippen molar-refractivity contribution in [2.45, 2.75) is 13.0 Å². The Morgan fingerprint density at radius 1 is 1.50 bits per heavy atom. The van der Waals surface area contributed by atoms with E-state index in [1.807, 2.05) is 0 Å². The van der Waals surface area contributed by atoms with Crippen molar-refractivity contribution in [3.8, 4) is 11.5 Å². The van der Waals surface area contributed by atoms with Gasteiger partial charge >= 0.3 is 0 Å². The molecule has 0 radical (unpaired) electrons. The van der Waals surface area contributed by atoms with Gasteiger partial charge in [0.25, 0.3) is 0 Å². The van der Waals surface area contributed by atoms with E-state index in [-0.39, 0.29) is 5.56 Å². The standard InChI is InChI=1S/C9H10FNO3/c1-4(11)8(13)5-2-3-6(12)7(10)9(5)14/h2-4,12,14H,11H2,1H3. The number of phenolic OH excluding ortho intramolecular Hbond substituents is 2. The molecule has 1 aromatic carbocycles. The Balaban J connectivity index is 3.24. The van der Waals surface area contributed by atoms with Crippen LogP contribution >= 0.6 is 0 Å². The minimum absolute atomic E-state index is 0.227. The summed E-state index contributed by atoms with van der Waals surface area (Å²) in [6, 6.07) is 1.29. The molecular formula is C9H10FNO3. The minimum Gasteiger partial charge on any atom is -0.505 e. The van der Waals surface area contributed by atoms with Gasteiger partial charge in [-0.05, 0) is 19.1 Å². The second-order valence-electron chi connectivity index (χ2n) is 2.95. The first-order valence-corrected chi connectivity index (χ1v) is 3.95. The number of nitrogens with two attached hydrogens (primary N) is 1. The fourth-order valence-electron chi connectivity index (χ4n) is 0.998. The van der Waals surface area contributed by atoms with E-state index < -0.39 is 29.1 Å². The zero-order valence-electron chi connectivity index (χ0n) is 7.49. The molecule has 5 heteroatoms. The van der Waals surface area contributed by atoms with Crippen molar-refractivity contribution in [1.82, 2.24) is 0 Å². The van der Waals surface area contributed by atoms with Crippen molar-refractivity contribution in [3.63, 3.8) is 0 Å². The smallest absolute Gasteiger partial charge is 0.207 e. The molecule has 1 atom stereocenters. The average molecular weight is 199 g/mol. The summed E-state index contributed by atoms with van der Waals surface area (Å²) in [5.74, 6) is -3.37. The number of ketones is 1. The molecule has 0 aliphatic heterocycles. The van der Waals surface area contributed by atoms with Crippen molar-refractivity contribution >= 4 is 5.78 Å². The van der Waals surface area contributed by atoms with Gasteiger partial charge in [0, 0.05) is 0 Å². The summed E-state index contributed by atoms with van der Waals surface area (Å²) >= 11 is 0. The number of benzene rings is 1. The van der Waals surface area contributed by atoms with Crippen molar-refractivity contribution in [1.29, 1.82) is 0 Å². The third-order valence-electron chi connectivity index (χ3n) is 1.77. The van der Waals surface area contributed by atoms with E-state index in [1.54, 1.807) is 0 Å². The quantitative estimate of drug-likeness (QED) is 0.614. The van der Waals surface area contributed by atoms with Crippen LogP contribution in [0.3, 0.4) is 0 Å². The van der Waals surface area contributed by atoms with Crippen LogP contribution in [-0.4, -0.2) is 22.0 Å². The first kappa shape index (κ1) is 10.5. The van der Waals surface area contributed by atoms with Crippen LogP contribution in [0.4, 0.5) is 4.39 Å². The molecule has 14 heavy (non-hydrogen) atoms. The number of Topliss-reactive ketones (excluding diaryl/α,β-unsaturated/α-hetero) is 1. The monoisotopic (exact) mass is 199 g/mol. The molecule has 0 heterocycles. The highest BCUT2D eigenvalue weighted by Crippen LogP contribution is 2.28. The van der Waals surface area contributed by atoms with Crippen LogP contribution in [-0.2, 0) is 0 Å². The molecule has 0 bridgehead atoms. The van der Waals surface area contributed by atoms with E-state index >= 15 is 0 Å². The largest absolute Gasteiger partial charge is 0.505 e. The van der Waals surface area contributed by atoms with Crippen molar-refractivity contribution in [3.05, 3.63) is 23.5 Å². The minimum atomic E-state index is -1.21. The lowest BCUT2D eigenvalue weighted by Gasteiger charge is -2.07. The van der Waals surface area contributed by atoms with Crippen molar-refractivity contribution < 1.29 is 19.4 Å². The first-order valence-electron chi connectivity index (χ1n) is 3.95. The third kappa shape index (κ3) is 1.67. The lowest BCUT2D eigenvalue weighted by molar-refractivity contribution is 0.0964. The molecule has 0 aliphatic rings. The Morgan fingerprint density at radius 3 is 2.57 bits per heavy atom. The van der Waals surface area contributed by atoms with Gasteiger partial charge in [0.05, 0.1) is 11.6 Å². The molecule has 0 spiro atoms. The van der Waals surface area contributed by atoms with E-state index in [2.05, 4.69) is 0 Å². The molecule has 0 amide bonds. The zero-order chi connectivity index (χ0) is 10.9. The number of aromatic hydroxyl groups is 2. The topological polar surface area (TPSA) is 83.6 Å². The summed E-state index contributed by atoms with van der Waals surface area (Å²) in [5, 5.41) is 18.1. The highest BCUT2D eigenvalue weighted by Gasteiger charge is 2.19. The van der Waals surface area contributed by atoms with Gasteiger partial charge in [0.1, 0.15) is 0 Å². The molecule has 0 aliphatic carbocycles. The summed E-state index contributed by atoms with van der Waals surface area (Å²) in [7, 11) is 0. The summed E-state index contributed by atoms with van der Waals surface area (Å²) in [4.78, 5) is 11.3. The molecule has 0 saturated heterocycles. The summed E-state index contributed by atoms with van der Waals surface area (Å²) < 4.78 is 12.9.